The van der Waals surface area contributed by atoms with Crippen molar-refractivity contribution in [3.63, 3.8) is 0 Å². The fourth-order valence-electron chi connectivity index (χ4n) is 4.79. The molecule has 2 N–H and O–H groups in total. The number of rotatable bonds is 5. The quantitative estimate of drug-likeness (QED) is 0.190. The predicted octanol–water partition coefficient (Wildman–Crippen LogP) is 6.19. The van der Waals surface area contributed by atoms with E-state index in [1.165, 1.54) is 4.90 Å². The fraction of sp³-hybridized carbons (Fsp3) is 0.258. The summed E-state index contributed by atoms with van der Waals surface area (Å²) in [4.78, 5) is 36.2. The maximum atomic E-state index is 13.5. The average molecular weight is 510 g/mol. The topological polar surface area (TPSA) is 95.5 Å². The number of Topliss-reactive ketones (excluding diaryl/α,β-unsaturated/α-hetero) is 1. The monoisotopic (exact) mass is 509 g/mol. The number of aromatic nitrogens is 2. The molecule has 0 spiro atoms. The number of carbonyl (C=O) groups excluding carboxylic acids is 2. The first-order valence-electron chi connectivity index (χ1n) is 12.7. The van der Waals surface area contributed by atoms with E-state index in [1.807, 2.05) is 56.3 Å². The number of nitrogens with one attached hydrogen (secondary N) is 1. The van der Waals surface area contributed by atoms with E-state index in [9.17, 15) is 14.7 Å². The summed E-state index contributed by atoms with van der Waals surface area (Å²) in [5.74, 6) is -0.860. The van der Waals surface area contributed by atoms with Crippen LogP contribution in [0.15, 0.2) is 72.3 Å². The first kappa shape index (κ1) is 25.3. The van der Waals surface area contributed by atoms with Crippen molar-refractivity contribution in [3.05, 3.63) is 94.6 Å². The van der Waals surface area contributed by atoms with Crippen molar-refractivity contribution >= 4 is 34.4 Å². The van der Waals surface area contributed by atoms with Crippen LogP contribution in [-0.4, -0.2) is 33.4 Å². The van der Waals surface area contributed by atoms with Gasteiger partial charge in [0.05, 0.1) is 29.3 Å². The summed E-state index contributed by atoms with van der Waals surface area (Å²) in [6.45, 7) is 10.7. The summed E-state index contributed by atoms with van der Waals surface area (Å²) in [6.07, 6.45) is 0. The van der Waals surface area contributed by atoms with Crippen molar-refractivity contribution in [3.8, 4) is 5.75 Å². The Balaban J connectivity index is 1.68. The number of carbonyl (C=O) groups is 2. The summed E-state index contributed by atoms with van der Waals surface area (Å²) in [5, 5.41) is 11.4. The van der Waals surface area contributed by atoms with Gasteiger partial charge in [-0.25, -0.2) is 4.98 Å². The summed E-state index contributed by atoms with van der Waals surface area (Å²) in [6, 6.07) is 19.5. The number of aliphatic hydroxyl groups excluding tert-OH is 1. The molecule has 0 bridgehead atoms. The van der Waals surface area contributed by atoms with E-state index in [2.05, 4.69) is 30.7 Å². The van der Waals surface area contributed by atoms with Crippen molar-refractivity contribution in [2.24, 2.45) is 0 Å². The Bertz CT molecular complexity index is 1560. The van der Waals surface area contributed by atoms with E-state index in [1.54, 1.807) is 24.3 Å². The second-order valence-electron chi connectivity index (χ2n) is 10.6. The van der Waals surface area contributed by atoms with Crippen LogP contribution < -0.4 is 9.64 Å². The lowest BCUT2D eigenvalue weighted by Crippen LogP contribution is -2.30. The number of imidazole rings is 1. The Hall–Kier alpha value is -4.39. The van der Waals surface area contributed by atoms with Gasteiger partial charge in [0, 0.05) is 5.56 Å². The molecule has 1 aliphatic heterocycles. The molecule has 1 aromatic heterocycles. The highest BCUT2D eigenvalue weighted by atomic mass is 16.5. The number of benzene rings is 3. The average Bonchev–Trinajstić information content (AvgIpc) is 3.41. The van der Waals surface area contributed by atoms with Gasteiger partial charge in [-0.05, 0) is 72.4 Å². The third-order valence-electron chi connectivity index (χ3n) is 6.83. The van der Waals surface area contributed by atoms with Gasteiger partial charge in [-0.15, -0.1) is 0 Å². The van der Waals surface area contributed by atoms with Crippen LogP contribution in [-0.2, 0) is 15.0 Å². The number of amides is 1. The molecule has 3 aromatic carbocycles. The second-order valence-corrected chi connectivity index (χ2v) is 10.6. The highest BCUT2D eigenvalue weighted by molar-refractivity contribution is 6.51. The lowest BCUT2D eigenvalue weighted by molar-refractivity contribution is -0.132. The van der Waals surface area contributed by atoms with Gasteiger partial charge in [-0.2, -0.15) is 0 Å². The van der Waals surface area contributed by atoms with Crippen molar-refractivity contribution in [2.45, 2.75) is 46.1 Å². The molecular weight excluding hydrogens is 478 g/mol. The van der Waals surface area contributed by atoms with Crippen molar-refractivity contribution in [1.82, 2.24) is 9.97 Å². The van der Waals surface area contributed by atoms with Crippen LogP contribution in [0.4, 0.5) is 5.95 Å². The van der Waals surface area contributed by atoms with Crippen molar-refractivity contribution < 1.29 is 19.4 Å². The molecule has 1 atom stereocenters. The van der Waals surface area contributed by atoms with Crippen LogP contribution in [0.3, 0.4) is 0 Å². The number of nitrogens with zero attached hydrogens (tertiary/aromatic N) is 2. The third kappa shape index (κ3) is 4.45. The minimum Gasteiger partial charge on any atom is -0.507 e. The molecule has 1 amide bonds. The number of hydrogen-bond acceptors (Lipinski definition) is 5. The third-order valence-corrected chi connectivity index (χ3v) is 6.83. The molecule has 0 aliphatic carbocycles. The number of ketones is 1. The van der Waals surface area contributed by atoms with Gasteiger partial charge < -0.3 is 14.8 Å². The first-order chi connectivity index (χ1) is 18.1. The summed E-state index contributed by atoms with van der Waals surface area (Å²) in [7, 11) is 0. The van der Waals surface area contributed by atoms with E-state index in [-0.39, 0.29) is 22.7 Å². The largest absolute Gasteiger partial charge is 0.507 e. The highest BCUT2D eigenvalue weighted by Gasteiger charge is 2.48. The zero-order valence-electron chi connectivity index (χ0n) is 22.2. The van der Waals surface area contributed by atoms with E-state index in [0.717, 1.165) is 16.6 Å². The van der Waals surface area contributed by atoms with E-state index < -0.39 is 17.7 Å². The first-order valence-corrected chi connectivity index (χ1v) is 12.7. The number of ether oxygens (including phenoxy) is 1. The molecule has 38 heavy (non-hydrogen) atoms. The van der Waals surface area contributed by atoms with Gasteiger partial charge in [0.25, 0.3) is 5.78 Å². The molecule has 0 radical (unpaired) electrons. The Morgan fingerprint density at radius 1 is 1.03 bits per heavy atom. The number of aryl methyl sites for hydroxylation is 1. The van der Waals surface area contributed by atoms with Crippen LogP contribution in [0, 0.1) is 6.92 Å². The van der Waals surface area contributed by atoms with E-state index >= 15 is 0 Å². The van der Waals surface area contributed by atoms with Gasteiger partial charge in [-0.1, -0.05) is 51.1 Å². The molecular formula is C31H31N3O4. The minimum absolute atomic E-state index is 0.0132. The van der Waals surface area contributed by atoms with Gasteiger partial charge in [0.15, 0.2) is 0 Å². The molecule has 0 saturated carbocycles. The number of H-pyrrole nitrogens is 1. The molecule has 7 heteroatoms. The number of aromatic amines is 1. The molecule has 5 rings (SSSR count). The molecule has 1 aliphatic rings. The maximum Gasteiger partial charge on any atom is 0.302 e. The number of fused-ring (bicyclic) bond motifs is 1. The van der Waals surface area contributed by atoms with Crippen LogP contribution in [0.5, 0.6) is 5.75 Å². The molecule has 2 heterocycles. The Labute approximate surface area is 221 Å². The van der Waals surface area contributed by atoms with Gasteiger partial charge in [0.1, 0.15) is 11.5 Å². The number of hydrogen-bond donors (Lipinski definition) is 2. The van der Waals surface area contributed by atoms with Crippen LogP contribution in [0.2, 0.25) is 0 Å². The second kappa shape index (κ2) is 9.49. The van der Waals surface area contributed by atoms with Crippen LogP contribution in [0.25, 0.3) is 16.8 Å². The smallest absolute Gasteiger partial charge is 0.302 e. The Morgan fingerprint density at radius 3 is 2.34 bits per heavy atom. The van der Waals surface area contributed by atoms with Crippen molar-refractivity contribution in [1.29, 1.82) is 0 Å². The molecule has 7 nitrogen and oxygen atoms in total. The Morgan fingerprint density at radius 2 is 1.71 bits per heavy atom. The summed E-state index contributed by atoms with van der Waals surface area (Å²) < 4.78 is 5.51. The van der Waals surface area contributed by atoms with E-state index in [4.69, 9.17) is 4.74 Å². The lowest BCUT2D eigenvalue weighted by atomic mass is 9.85. The minimum atomic E-state index is -0.864. The molecule has 4 aromatic rings. The lowest BCUT2D eigenvalue weighted by Gasteiger charge is -2.25. The number of anilines is 1. The molecule has 1 unspecified atom stereocenters. The van der Waals surface area contributed by atoms with Crippen LogP contribution in [0.1, 0.15) is 56.0 Å². The van der Waals surface area contributed by atoms with Crippen molar-refractivity contribution in [2.75, 3.05) is 11.5 Å². The Kier molecular flexibility index (Phi) is 6.31. The predicted molar refractivity (Wildman–Crippen MR) is 148 cm³/mol. The van der Waals surface area contributed by atoms with Gasteiger partial charge in [-0.3, -0.25) is 14.5 Å². The highest BCUT2D eigenvalue weighted by Crippen LogP contribution is 2.42. The zero-order chi connectivity index (χ0) is 27.2. The number of aliphatic hydroxyl groups is 1. The maximum absolute atomic E-state index is 13.5. The fourth-order valence-corrected chi connectivity index (χ4v) is 4.79. The summed E-state index contributed by atoms with van der Waals surface area (Å²) in [5.41, 5.74) is 4.65. The molecule has 1 saturated heterocycles. The standard InChI is InChI=1S/C31H31N3O4/c1-6-38-22-14-10-20(11-15-22)27(35)25-26(19-8-12-21(13-9-19)31(3,4)5)34(29(37)28(25)36)30-32-23-16-7-18(2)17-24(23)33-30/h7-17,26,35H,6H2,1-5H3,(H,32,33)/b27-25+. The normalized spacial score (nSPS) is 17.4. The molecule has 194 valence electrons. The SMILES string of the molecule is CCOc1ccc(/C(O)=C2\C(=O)C(=O)N(c3nc4ccc(C)cc4[nH]3)C2c2ccc(C(C)(C)C)cc2)cc1. The van der Waals surface area contributed by atoms with Gasteiger partial charge in [0.2, 0.25) is 5.95 Å². The summed E-state index contributed by atoms with van der Waals surface area (Å²) >= 11 is 0. The van der Waals surface area contributed by atoms with Gasteiger partial charge >= 0.3 is 5.91 Å². The van der Waals surface area contributed by atoms with Crippen LogP contribution >= 0.6 is 0 Å². The molecule has 1 fully saturated rings. The zero-order valence-corrected chi connectivity index (χ0v) is 22.2. The van der Waals surface area contributed by atoms with E-state index in [0.29, 0.717) is 29.0 Å².